The minimum absolute atomic E-state index is 0.243. The molecule has 21 heavy (non-hydrogen) atoms. The van der Waals surface area contributed by atoms with Crippen molar-refractivity contribution in [2.24, 2.45) is 0 Å². The average Bonchev–Trinajstić information content (AvgIpc) is 2.48. The van der Waals surface area contributed by atoms with Crippen molar-refractivity contribution in [2.75, 3.05) is 5.32 Å². The molecule has 1 N–H and O–H groups in total. The van der Waals surface area contributed by atoms with Crippen LogP contribution in [0.2, 0.25) is 0 Å². The topological polar surface area (TPSA) is 55.4 Å². The van der Waals surface area contributed by atoms with E-state index < -0.39 is 6.10 Å². The highest BCUT2D eigenvalue weighted by atomic mass is 79.9. The van der Waals surface area contributed by atoms with Crippen molar-refractivity contribution in [3.8, 4) is 5.75 Å². The maximum absolute atomic E-state index is 12.0. The molecule has 0 spiro atoms. The van der Waals surface area contributed by atoms with Crippen LogP contribution < -0.4 is 10.1 Å². The molecule has 0 aromatic heterocycles. The molecule has 2 aromatic carbocycles. The molecule has 0 aliphatic rings. The van der Waals surface area contributed by atoms with Gasteiger partial charge in [0, 0.05) is 15.7 Å². The summed E-state index contributed by atoms with van der Waals surface area (Å²) in [5.41, 5.74) is 1.26. The van der Waals surface area contributed by atoms with E-state index in [0.29, 0.717) is 17.0 Å². The number of anilines is 1. The third kappa shape index (κ3) is 4.43. The van der Waals surface area contributed by atoms with Crippen LogP contribution >= 0.6 is 15.9 Å². The Kier molecular flexibility index (Phi) is 5.11. The SMILES string of the molecule is CC(Oc1ccc(C=O)cc1)C(=O)Nc1cccc(Br)c1. The highest BCUT2D eigenvalue weighted by Gasteiger charge is 2.14. The van der Waals surface area contributed by atoms with Crippen molar-refractivity contribution in [3.05, 3.63) is 58.6 Å². The van der Waals surface area contributed by atoms with Crippen molar-refractivity contribution >= 4 is 33.8 Å². The number of amides is 1. The lowest BCUT2D eigenvalue weighted by atomic mass is 10.2. The van der Waals surface area contributed by atoms with Gasteiger partial charge in [0.25, 0.3) is 5.91 Å². The Bertz CT molecular complexity index is 640. The van der Waals surface area contributed by atoms with Crippen LogP contribution in [0.1, 0.15) is 17.3 Å². The Balaban J connectivity index is 1.97. The highest BCUT2D eigenvalue weighted by molar-refractivity contribution is 9.10. The zero-order chi connectivity index (χ0) is 15.2. The van der Waals surface area contributed by atoms with Crippen molar-refractivity contribution in [1.82, 2.24) is 0 Å². The number of hydrogen-bond acceptors (Lipinski definition) is 3. The first kappa shape index (κ1) is 15.3. The normalized spacial score (nSPS) is 11.5. The molecule has 0 aliphatic carbocycles. The summed E-state index contributed by atoms with van der Waals surface area (Å²) < 4.78 is 6.43. The van der Waals surface area contributed by atoms with Gasteiger partial charge in [-0.05, 0) is 49.4 Å². The van der Waals surface area contributed by atoms with E-state index in [9.17, 15) is 9.59 Å². The lowest BCUT2D eigenvalue weighted by Crippen LogP contribution is -2.30. The van der Waals surface area contributed by atoms with Crippen molar-refractivity contribution in [1.29, 1.82) is 0 Å². The van der Waals surface area contributed by atoms with E-state index in [1.807, 2.05) is 18.2 Å². The number of carbonyl (C=O) groups excluding carboxylic acids is 2. The quantitative estimate of drug-likeness (QED) is 0.839. The number of rotatable bonds is 5. The molecule has 4 nitrogen and oxygen atoms in total. The van der Waals surface area contributed by atoms with Gasteiger partial charge in [-0.3, -0.25) is 9.59 Å². The predicted octanol–water partition coefficient (Wildman–Crippen LogP) is 3.67. The van der Waals surface area contributed by atoms with Gasteiger partial charge in [0.05, 0.1) is 0 Å². The minimum Gasteiger partial charge on any atom is -0.481 e. The van der Waals surface area contributed by atoms with E-state index in [0.717, 1.165) is 10.8 Å². The van der Waals surface area contributed by atoms with Crippen LogP contribution in [0.25, 0.3) is 0 Å². The Morgan fingerprint density at radius 3 is 2.57 bits per heavy atom. The first-order chi connectivity index (χ1) is 10.1. The molecule has 0 saturated carbocycles. The smallest absolute Gasteiger partial charge is 0.265 e. The lowest BCUT2D eigenvalue weighted by molar-refractivity contribution is -0.122. The van der Waals surface area contributed by atoms with Crippen LogP contribution in [0, 0.1) is 0 Å². The second-order valence-corrected chi connectivity index (χ2v) is 5.36. The number of ether oxygens (including phenoxy) is 1. The zero-order valence-electron chi connectivity index (χ0n) is 11.4. The zero-order valence-corrected chi connectivity index (χ0v) is 13.0. The Hall–Kier alpha value is -2.14. The number of carbonyl (C=O) groups is 2. The van der Waals surface area contributed by atoms with Gasteiger partial charge in [0.15, 0.2) is 6.10 Å². The van der Waals surface area contributed by atoms with Crippen LogP contribution in [0.4, 0.5) is 5.69 Å². The van der Waals surface area contributed by atoms with Gasteiger partial charge in [-0.15, -0.1) is 0 Å². The fourth-order valence-corrected chi connectivity index (χ4v) is 2.09. The Labute approximate surface area is 131 Å². The van der Waals surface area contributed by atoms with Gasteiger partial charge < -0.3 is 10.1 Å². The highest BCUT2D eigenvalue weighted by Crippen LogP contribution is 2.17. The van der Waals surface area contributed by atoms with Crippen LogP contribution in [0.15, 0.2) is 53.0 Å². The summed E-state index contributed by atoms with van der Waals surface area (Å²) in [6.45, 7) is 1.67. The molecule has 1 atom stereocenters. The van der Waals surface area contributed by atoms with Crippen molar-refractivity contribution in [3.63, 3.8) is 0 Å². The summed E-state index contributed by atoms with van der Waals surface area (Å²) in [6.07, 6.45) is 0.110. The molecule has 108 valence electrons. The lowest BCUT2D eigenvalue weighted by Gasteiger charge is -2.15. The molecule has 0 fully saturated rings. The Morgan fingerprint density at radius 2 is 1.95 bits per heavy atom. The second kappa shape index (κ2) is 7.04. The Morgan fingerprint density at radius 1 is 1.24 bits per heavy atom. The second-order valence-electron chi connectivity index (χ2n) is 4.45. The number of benzene rings is 2. The number of nitrogens with one attached hydrogen (secondary N) is 1. The molecule has 1 unspecified atom stereocenters. The monoisotopic (exact) mass is 347 g/mol. The molecule has 0 radical (unpaired) electrons. The molecule has 0 bridgehead atoms. The fraction of sp³-hybridized carbons (Fsp3) is 0.125. The van der Waals surface area contributed by atoms with Crippen molar-refractivity contribution < 1.29 is 14.3 Å². The molecule has 2 aromatic rings. The molecule has 1 amide bonds. The maximum atomic E-state index is 12.0. The number of halogens is 1. The van der Waals surface area contributed by atoms with Gasteiger partial charge in [-0.1, -0.05) is 22.0 Å². The molecular weight excluding hydrogens is 334 g/mol. The molecule has 5 heteroatoms. The van der Waals surface area contributed by atoms with E-state index in [2.05, 4.69) is 21.2 Å². The number of aldehydes is 1. The largest absolute Gasteiger partial charge is 0.481 e. The summed E-state index contributed by atoms with van der Waals surface area (Å²) in [7, 11) is 0. The van der Waals surface area contributed by atoms with Gasteiger partial charge in [0.1, 0.15) is 12.0 Å². The van der Waals surface area contributed by atoms with Crippen LogP contribution in [-0.2, 0) is 4.79 Å². The average molecular weight is 348 g/mol. The summed E-state index contributed by atoms with van der Waals surface area (Å²) in [4.78, 5) is 22.6. The summed E-state index contributed by atoms with van der Waals surface area (Å²) in [5, 5.41) is 2.78. The van der Waals surface area contributed by atoms with Gasteiger partial charge in [-0.25, -0.2) is 0 Å². The van der Waals surface area contributed by atoms with E-state index in [-0.39, 0.29) is 5.91 Å². The van der Waals surface area contributed by atoms with E-state index in [1.165, 1.54) is 0 Å². The molecule has 0 heterocycles. The predicted molar refractivity (Wildman–Crippen MR) is 84.7 cm³/mol. The summed E-state index contributed by atoms with van der Waals surface area (Å²) >= 11 is 3.35. The number of hydrogen-bond donors (Lipinski definition) is 1. The third-order valence-corrected chi connectivity index (χ3v) is 3.28. The molecule has 2 rings (SSSR count). The molecular formula is C16H14BrNO3. The van der Waals surface area contributed by atoms with E-state index in [4.69, 9.17) is 4.74 Å². The standard InChI is InChI=1S/C16H14BrNO3/c1-11(21-15-7-5-12(10-19)6-8-15)16(20)18-14-4-2-3-13(17)9-14/h2-11H,1H3,(H,18,20). The third-order valence-electron chi connectivity index (χ3n) is 2.79. The fourth-order valence-electron chi connectivity index (χ4n) is 1.69. The minimum atomic E-state index is -0.647. The van der Waals surface area contributed by atoms with E-state index >= 15 is 0 Å². The van der Waals surface area contributed by atoms with Crippen LogP contribution in [-0.4, -0.2) is 18.3 Å². The van der Waals surface area contributed by atoms with Crippen LogP contribution in [0.5, 0.6) is 5.75 Å². The van der Waals surface area contributed by atoms with Gasteiger partial charge in [0.2, 0.25) is 0 Å². The summed E-state index contributed by atoms with van der Waals surface area (Å²) in [6, 6.07) is 13.9. The summed E-state index contributed by atoms with van der Waals surface area (Å²) in [5.74, 6) is 0.296. The maximum Gasteiger partial charge on any atom is 0.265 e. The van der Waals surface area contributed by atoms with E-state index in [1.54, 1.807) is 37.3 Å². The van der Waals surface area contributed by atoms with Crippen molar-refractivity contribution in [2.45, 2.75) is 13.0 Å². The van der Waals surface area contributed by atoms with Crippen LogP contribution in [0.3, 0.4) is 0 Å². The first-order valence-corrected chi connectivity index (χ1v) is 7.16. The molecule has 0 saturated heterocycles. The first-order valence-electron chi connectivity index (χ1n) is 6.37. The van der Waals surface area contributed by atoms with Gasteiger partial charge in [-0.2, -0.15) is 0 Å². The van der Waals surface area contributed by atoms with Gasteiger partial charge >= 0.3 is 0 Å². The molecule has 0 aliphatic heterocycles.